The molecule has 2 aliphatic heterocycles. The predicted octanol–water partition coefficient (Wildman–Crippen LogP) is 8.36. The third-order valence-electron chi connectivity index (χ3n) is 8.77. The topological polar surface area (TPSA) is 6.48 Å². The molecule has 0 N–H and O–H groups in total. The van der Waals surface area contributed by atoms with Gasteiger partial charge in [0.2, 0.25) is 0 Å². The van der Waals surface area contributed by atoms with Crippen molar-refractivity contribution in [3.8, 4) is 0 Å². The van der Waals surface area contributed by atoms with E-state index < -0.39 is 0 Å². The molecule has 0 unspecified atom stereocenters. The lowest BCUT2D eigenvalue weighted by Gasteiger charge is -2.44. The number of hydrogen-bond donors (Lipinski definition) is 0. The summed E-state index contributed by atoms with van der Waals surface area (Å²) in [6, 6.07) is 42.9. The minimum absolute atomic E-state index is 0.0538. The lowest BCUT2D eigenvalue weighted by atomic mass is 9.33. The molecule has 0 fully saturated rings. The number of anilines is 6. The number of para-hydroxylation sites is 2. The van der Waals surface area contributed by atoms with Crippen LogP contribution in [0.2, 0.25) is 0 Å². The Hall–Kier alpha value is -4.24. The summed E-state index contributed by atoms with van der Waals surface area (Å²) in [5, 5.41) is 0. The first-order valence-electron chi connectivity index (χ1n) is 14.7. The largest absolute Gasteiger partial charge is 0.311 e. The zero-order valence-corrected chi connectivity index (χ0v) is 24.9. The number of benzene rings is 5. The first-order valence-corrected chi connectivity index (χ1v) is 14.7. The minimum Gasteiger partial charge on any atom is -0.311 e. The molecule has 0 radical (unpaired) electrons. The second-order valence-electron chi connectivity index (χ2n) is 13.5. The molecule has 5 aromatic rings. The first kappa shape index (κ1) is 25.7. The van der Waals surface area contributed by atoms with E-state index >= 15 is 0 Å². The molecule has 2 nitrogen and oxygen atoms in total. The predicted molar refractivity (Wildman–Crippen MR) is 178 cm³/mol. The maximum Gasteiger partial charge on any atom is 0.252 e. The molecule has 0 aromatic heterocycles. The van der Waals surface area contributed by atoms with E-state index in [4.69, 9.17) is 0 Å². The van der Waals surface area contributed by atoms with Crippen molar-refractivity contribution >= 4 is 57.2 Å². The fourth-order valence-electron chi connectivity index (χ4n) is 6.60. The molecule has 2 heterocycles. The van der Waals surface area contributed by atoms with Crippen LogP contribution < -0.4 is 26.2 Å². The van der Waals surface area contributed by atoms with Gasteiger partial charge in [0.1, 0.15) is 0 Å². The fourth-order valence-corrected chi connectivity index (χ4v) is 6.60. The maximum atomic E-state index is 2.49. The zero-order chi connectivity index (χ0) is 28.5. The van der Waals surface area contributed by atoms with Gasteiger partial charge < -0.3 is 9.80 Å². The van der Waals surface area contributed by atoms with Crippen LogP contribution in [0.4, 0.5) is 34.1 Å². The quantitative estimate of drug-likeness (QED) is 0.207. The Labute approximate surface area is 245 Å². The van der Waals surface area contributed by atoms with Crippen LogP contribution in [0.5, 0.6) is 0 Å². The Morgan fingerprint density at radius 3 is 1.59 bits per heavy atom. The van der Waals surface area contributed by atoms with Gasteiger partial charge in [0.25, 0.3) is 6.71 Å². The van der Waals surface area contributed by atoms with Gasteiger partial charge in [-0.3, -0.25) is 0 Å². The van der Waals surface area contributed by atoms with Gasteiger partial charge in [-0.15, -0.1) is 0 Å². The van der Waals surface area contributed by atoms with E-state index in [0.29, 0.717) is 0 Å². The van der Waals surface area contributed by atoms with Crippen molar-refractivity contribution in [2.45, 2.75) is 52.4 Å². The Bertz CT molecular complexity index is 1760. The first-order chi connectivity index (χ1) is 19.6. The molecule has 41 heavy (non-hydrogen) atoms. The van der Waals surface area contributed by atoms with Crippen LogP contribution >= 0.6 is 0 Å². The molecule has 0 saturated carbocycles. The maximum absolute atomic E-state index is 2.49. The van der Waals surface area contributed by atoms with Crippen molar-refractivity contribution in [3.05, 3.63) is 126 Å². The summed E-state index contributed by atoms with van der Waals surface area (Å²) in [6.45, 7) is 13.9. The lowest BCUT2D eigenvalue weighted by molar-refractivity contribution is 0.590. The molecule has 0 spiro atoms. The van der Waals surface area contributed by atoms with E-state index in [2.05, 4.69) is 167 Å². The van der Waals surface area contributed by atoms with Gasteiger partial charge in [0, 0.05) is 34.1 Å². The number of nitrogens with zero attached hydrogens (tertiary/aromatic N) is 2. The van der Waals surface area contributed by atoms with Crippen molar-refractivity contribution in [1.29, 1.82) is 0 Å². The van der Waals surface area contributed by atoms with Crippen LogP contribution in [0.1, 0.15) is 52.7 Å². The van der Waals surface area contributed by atoms with Crippen molar-refractivity contribution in [2.75, 3.05) is 9.80 Å². The second-order valence-corrected chi connectivity index (χ2v) is 13.5. The third kappa shape index (κ3) is 4.10. The van der Waals surface area contributed by atoms with E-state index in [-0.39, 0.29) is 17.5 Å². The van der Waals surface area contributed by atoms with E-state index in [9.17, 15) is 0 Å². The summed E-state index contributed by atoms with van der Waals surface area (Å²) in [4.78, 5) is 4.94. The summed E-state index contributed by atoms with van der Waals surface area (Å²) in [5.41, 5.74) is 14.4. The summed E-state index contributed by atoms with van der Waals surface area (Å²) >= 11 is 0. The van der Waals surface area contributed by atoms with Crippen molar-refractivity contribution in [3.63, 3.8) is 0 Å². The monoisotopic (exact) mass is 532 g/mol. The Morgan fingerprint density at radius 1 is 0.439 bits per heavy atom. The average molecular weight is 533 g/mol. The number of fused-ring (bicyclic) bond motifs is 4. The van der Waals surface area contributed by atoms with Crippen LogP contribution in [-0.4, -0.2) is 6.71 Å². The van der Waals surface area contributed by atoms with Gasteiger partial charge >= 0.3 is 0 Å². The molecule has 0 aliphatic carbocycles. The van der Waals surface area contributed by atoms with Crippen LogP contribution in [-0.2, 0) is 10.8 Å². The van der Waals surface area contributed by atoms with Crippen molar-refractivity contribution < 1.29 is 0 Å². The molecular weight excluding hydrogens is 495 g/mol. The van der Waals surface area contributed by atoms with Gasteiger partial charge in [-0.2, -0.15) is 0 Å². The molecule has 0 bridgehead atoms. The van der Waals surface area contributed by atoms with Gasteiger partial charge in [-0.05, 0) is 86.9 Å². The molecule has 202 valence electrons. The highest BCUT2D eigenvalue weighted by Gasteiger charge is 2.43. The van der Waals surface area contributed by atoms with Gasteiger partial charge in [-0.25, -0.2) is 0 Å². The highest BCUT2D eigenvalue weighted by atomic mass is 15.2. The van der Waals surface area contributed by atoms with Gasteiger partial charge in [-0.1, -0.05) is 108 Å². The normalized spacial score (nSPS) is 14.0. The average Bonchev–Trinajstić information content (AvgIpc) is 2.96. The minimum atomic E-state index is 0.0538. The number of rotatable bonds is 2. The van der Waals surface area contributed by atoms with Crippen LogP contribution in [0, 0.1) is 0 Å². The SMILES string of the molecule is CC(C)(C)c1ccc(N2c3ccc(C(C)(C)C)cc3B3c4ccccc4N(c4ccccc4)c4cccc2c43)cc1. The molecule has 0 atom stereocenters. The molecule has 0 saturated heterocycles. The highest BCUT2D eigenvalue weighted by molar-refractivity contribution is 7.00. The van der Waals surface area contributed by atoms with Gasteiger partial charge in [0.05, 0.1) is 0 Å². The Morgan fingerprint density at radius 2 is 0.951 bits per heavy atom. The Kier molecular flexibility index (Phi) is 5.73. The van der Waals surface area contributed by atoms with Crippen LogP contribution in [0.3, 0.4) is 0 Å². The highest BCUT2D eigenvalue weighted by Crippen LogP contribution is 2.44. The Balaban J connectivity index is 1.53. The molecule has 3 heteroatoms. The third-order valence-corrected chi connectivity index (χ3v) is 8.77. The van der Waals surface area contributed by atoms with Crippen molar-refractivity contribution in [2.24, 2.45) is 0 Å². The van der Waals surface area contributed by atoms with E-state index in [1.165, 1.54) is 61.6 Å². The van der Waals surface area contributed by atoms with Crippen LogP contribution in [0.25, 0.3) is 0 Å². The lowest BCUT2D eigenvalue weighted by Crippen LogP contribution is -2.61. The summed E-state index contributed by atoms with van der Waals surface area (Å²) < 4.78 is 0. The molecule has 7 rings (SSSR count). The van der Waals surface area contributed by atoms with E-state index in [0.717, 1.165) is 0 Å². The smallest absolute Gasteiger partial charge is 0.252 e. The zero-order valence-electron chi connectivity index (χ0n) is 24.9. The summed E-state index contributed by atoms with van der Waals surface area (Å²) in [7, 11) is 0. The molecule has 2 aliphatic rings. The summed E-state index contributed by atoms with van der Waals surface area (Å²) in [5.74, 6) is 0. The molecular formula is C38H37BN2. The van der Waals surface area contributed by atoms with E-state index in [1.54, 1.807) is 0 Å². The second kappa shape index (κ2) is 9.14. The summed E-state index contributed by atoms with van der Waals surface area (Å²) in [6.07, 6.45) is 0. The molecule has 0 amide bonds. The molecule has 5 aromatic carbocycles. The number of hydrogen-bond acceptors (Lipinski definition) is 2. The van der Waals surface area contributed by atoms with Crippen molar-refractivity contribution in [1.82, 2.24) is 0 Å². The fraction of sp³-hybridized carbons (Fsp3) is 0.211. The van der Waals surface area contributed by atoms with E-state index in [1.807, 2.05) is 0 Å². The van der Waals surface area contributed by atoms with Crippen LogP contribution in [0.15, 0.2) is 115 Å². The van der Waals surface area contributed by atoms with Gasteiger partial charge in [0.15, 0.2) is 0 Å². The standard InChI is InChI=1S/C38H37BN2/c1-37(2,3)26-19-22-29(23-20-26)41-33-24-21-27(38(4,5)6)25-31(33)39-30-15-10-11-16-32(30)40(28-13-8-7-9-14-28)34-17-12-18-35(41)36(34)39/h7-25H,1-6H3.